The number of carbonyl (C=O) groups excluding carboxylic acids is 1. The van der Waals surface area contributed by atoms with E-state index in [9.17, 15) is 19.1 Å². The van der Waals surface area contributed by atoms with Crippen LogP contribution in [0.25, 0.3) is 0 Å². The fourth-order valence-electron chi connectivity index (χ4n) is 2.42. The molecule has 1 aromatic carbocycles. The average molecular weight is 316 g/mol. The molecule has 1 amide bonds. The second-order valence-corrected chi connectivity index (χ2v) is 5.18. The van der Waals surface area contributed by atoms with E-state index >= 15 is 0 Å². The fourth-order valence-corrected chi connectivity index (χ4v) is 2.60. The number of hydrogen-bond acceptors (Lipinski definition) is 3. The zero-order chi connectivity index (χ0) is 15.6. The number of nitrogens with zero attached hydrogens (tertiary/aromatic N) is 1. The molecule has 0 saturated carbocycles. The normalized spacial score (nSPS) is 22.4. The van der Waals surface area contributed by atoms with Crippen molar-refractivity contribution in [3.63, 3.8) is 0 Å². The molecule has 1 N–H and O–H groups in total. The maximum atomic E-state index is 13.3. The second kappa shape index (κ2) is 6.41. The summed E-state index contributed by atoms with van der Waals surface area (Å²) in [4.78, 5) is 24.8. The molecule has 0 spiro atoms. The Bertz CT molecular complexity index is 566. The zero-order valence-electron chi connectivity index (χ0n) is 11.4. The van der Waals surface area contributed by atoms with Crippen molar-refractivity contribution in [2.45, 2.75) is 25.5 Å². The topological polar surface area (TPSA) is 66.8 Å². The lowest BCUT2D eigenvalue weighted by atomic mass is 9.97. The molecule has 0 aromatic heterocycles. The van der Waals surface area contributed by atoms with E-state index in [1.165, 1.54) is 17.0 Å². The quantitative estimate of drug-likeness (QED) is 0.925. The van der Waals surface area contributed by atoms with E-state index in [2.05, 4.69) is 0 Å². The van der Waals surface area contributed by atoms with E-state index in [1.807, 2.05) is 6.92 Å². The van der Waals surface area contributed by atoms with Gasteiger partial charge >= 0.3 is 5.97 Å². The molecule has 1 aliphatic heterocycles. The van der Waals surface area contributed by atoms with Crippen molar-refractivity contribution in [2.24, 2.45) is 0 Å². The predicted octanol–water partition coefficient (Wildman–Crippen LogP) is 2.24. The molecule has 5 nitrogen and oxygen atoms in total. The van der Waals surface area contributed by atoms with Crippen LogP contribution in [0.1, 0.15) is 24.9 Å². The van der Waals surface area contributed by atoms with Crippen molar-refractivity contribution in [1.29, 1.82) is 0 Å². The Labute approximate surface area is 126 Å². The predicted molar refractivity (Wildman–Crippen MR) is 73.5 cm³/mol. The summed E-state index contributed by atoms with van der Waals surface area (Å²) >= 11 is 5.75. The standard InChI is InChI=1S/C14H15ClFNO4/c1-2-5-17-11(18)7-21-13(14(19)20)12(17)8-3-4-10(16)9(15)6-8/h3-4,6,12-13H,2,5,7H2,1H3,(H,19,20). The summed E-state index contributed by atoms with van der Waals surface area (Å²) in [6, 6.07) is 3.09. The second-order valence-electron chi connectivity index (χ2n) is 4.78. The van der Waals surface area contributed by atoms with Crippen molar-refractivity contribution in [3.05, 3.63) is 34.6 Å². The third-order valence-corrected chi connectivity index (χ3v) is 3.61. The van der Waals surface area contributed by atoms with Crippen LogP contribution in [0.4, 0.5) is 4.39 Å². The van der Waals surface area contributed by atoms with Gasteiger partial charge in [-0.2, -0.15) is 0 Å². The minimum atomic E-state index is -1.20. The molecule has 1 aliphatic rings. The molecular weight excluding hydrogens is 301 g/mol. The number of carbonyl (C=O) groups is 2. The van der Waals surface area contributed by atoms with Gasteiger partial charge in [0.1, 0.15) is 12.4 Å². The highest BCUT2D eigenvalue weighted by molar-refractivity contribution is 6.30. The maximum Gasteiger partial charge on any atom is 0.335 e. The first kappa shape index (κ1) is 15.7. The average Bonchev–Trinajstić information content (AvgIpc) is 2.44. The molecule has 21 heavy (non-hydrogen) atoms. The largest absolute Gasteiger partial charge is 0.479 e. The molecular formula is C14H15ClFNO4. The first-order valence-electron chi connectivity index (χ1n) is 6.54. The van der Waals surface area contributed by atoms with E-state index in [4.69, 9.17) is 16.3 Å². The molecule has 1 saturated heterocycles. The smallest absolute Gasteiger partial charge is 0.335 e. The van der Waals surface area contributed by atoms with E-state index < -0.39 is 23.9 Å². The van der Waals surface area contributed by atoms with Crippen LogP contribution in [0, 0.1) is 5.82 Å². The van der Waals surface area contributed by atoms with Crippen LogP contribution < -0.4 is 0 Å². The molecule has 1 heterocycles. The number of benzene rings is 1. The Balaban J connectivity index is 2.45. The van der Waals surface area contributed by atoms with Gasteiger partial charge in [-0.1, -0.05) is 24.6 Å². The highest BCUT2D eigenvalue weighted by Crippen LogP contribution is 2.32. The number of morpholine rings is 1. The molecule has 0 aliphatic carbocycles. The Morgan fingerprint density at radius 2 is 2.29 bits per heavy atom. The van der Waals surface area contributed by atoms with Crippen molar-refractivity contribution >= 4 is 23.5 Å². The van der Waals surface area contributed by atoms with Crippen LogP contribution in [0.2, 0.25) is 5.02 Å². The van der Waals surface area contributed by atoms with Crippen LogP contribution in [-0.2, 0) is 14.3 Å². The first-order chi connectivity index (χ1) is 9.95. The van der Waals surface area contributed by atoms with Crippen LogP contribution in [0.3, 0.4) is 0 Å². The number of halogens is 2. The summed E-state index contributed by atoms with van der Waals surface area (Å²) in [6.45, 7) is 2.00. The molecule has 7 heteroatoms. The highest BCUT2D eigenvalue weighted by atomic mass is 35.5. The van der Waals surface area contributed by atoms with Gasteiger partial charge in [-0.3, -0.25) is 4.79 Å². The maximum absolute atomic E-state index is 13.3. The number of aliphatic carboxylic acids is 1. The number of ether oxygens (including phenoxy) is 1. The third kappa shape index (κ3) is 3.16. The Morgan fingerprint density at radius 1 is 1.57 bits per heavy atom. The molecule has 1 aromatic rings. The highest BCUT2D eigenvalue weighted by Gasteiger charge is 2.41. The number of amides is 1. The van der Waals surface area contributed by atoms with Gasteiger partial charge in [0.05, 0.1) is 11.1 Å². The van der Waals surface area contributed by atoms with Gasteiger partial charge in [0.25, 0.3) is 0 Å². The Morgan fingerprint density at radius 3 is 2.86 bits per heavy atom. The summed E-state index contributed by atoms with van der Waals surface area (Å²) in [5.41, 5.74) is 0.440. The number of rotatable bonds is 4. The van der Waals surface area contributed by atoms with Gasteiger partial charge in [-0.05, 0) is 24.1 Å². The summed E-state index contributed by atoms with van der Waals surface area (Å²) in [5.74, 6) is -2.06. The van der Waals surface area contributed by atoms with E-state index in [-0.39, 0.29) is 17.5 Å². The molecule has 1 fully saturated rings. The summed E-state index contributed by atoms with van der Waals surface area (Å²) < 4.78 is 18.4. The lowest BCUT2D eigenvalue weighted by Gasteiger charge is -2.39. The molecule has 0 bridgehead atoms. The van der Waals surface area contributed by atoms with Crippen molar-refractivity contribution in [3.8, 4) is 0 Å². The molecule has 2 unspecified atom stereocenters. The number of carboxylic acids is 1. The number of carboxylic acid groups (broad SMARTS) is 1. The van der Waals surface area contributed by atoms with Gasteiger partial charge < -0.3 is 14.7 Å². The lowest BCUT2D eigenvalue weighted by molar-refractivity contribution is -0.173. The summed E-state index contributed by atoms with van der Waals surface area (Å²) in [6.07, 6.45) is -0.528. The van der Waals surface area contributed by atoms with Crippen molar-refractivity contribution in [1.82, 2.24) is 4.90 Å². The van der Waals surface area contributed by atoms with E-state index in [0.29, 0.717) is 18.5 Å². The van der Waals surface area contributed by atoms with Crippen LogP contribution in [0.15, 0.2) is 18.2 Å². The van der Waals surface area contributed by atoms with Crippen LogP contribution in [-0.4, -0.2) is 41.1 Å². The molecule has 2 atom stereocenters. The zero-order valence-corrected chi connectivity index (χ0v) is 12.1. The van der Waals surface area contributed by atoms with Crippen molar-refractivity contribution in [2.75, 3.05) is 13.2 Å². The van der Waals surface area contributed by atoms with Crippen molar-refractivity contribution < 1.29 is 23.8 Å². The summed E-state index contributed by atoms with van der Waals surface area (Å²) in [5, 5.41) is 9.18. The Hall–Kier alpha value is -1.66. The minimum absolute atomic E-state index is 0.119. The molecule has 114 valence electrons. The SMILES string of the molecule is CCCN1C(=O)COC(C(=O)O)C1c1ccc(F)c(Cl)c1. The van der Waals surface area contributed by atoms with Gasteiger partial charge in [0.2, 0.25) is 5.91 Å². The monoisotopic (exact) mass is 315 g/mol. The molecule has 2 rings (SSSR count). The number of hydrogen-bond donors (Lipinski definition) is 1. The third-order valence-electron chi connectivity index (χ3n) is 3.32. The van der Waals surface area contributed by atoms with Gasteiger partial charge in [0.15, 0.2) is 6.10 Å². The fraction of sp³-hybridized carbons (Fsp3) is 0.429. The Kier molecular flexibility index (Phi) is 4.80. The van der Waals surface area contributed by atoms with Gasteiger partial charge in [-0.15, -0.1) is 0 Å². The first-order valence-corrected chi connectivity index (χ1v) is 6.92. The van der Waals surface area contributed by atoms with Gasteiger partial charge in [-0.25, -0.2) is 9.18 Å². The lowest BCUT2D eigenvalue weighted by Crippen LogP contribution is -2.52. The van der Waals surface area contributed by atoms with Gasteiger partial charge in [0, 0.05) is 6.54 Å². The molecule has 0 radical (unpaired) electrons. The van der Waals surface area contributed by atoms with Crippen LogP contribution in [0.5, 0.6) is 0 Å². The van der Waals surface area contributed by atoms with E-state index in [0.717, 1.165) is 6.07 Å². The summed E-state index contributed by atoms with van der Waals surface area (Å²) in [7, 11) is 0. The minimum Gasteiger partial charge on any atom is -0.479 e. The van der Waals surface area contributed by atoms with Crippen LogP contribution >= 0.6 is 11.6 Å². The van der Waals surface area contributed by atoms with E-state index in [1.54, 1.807) is 0 Å².